The summed E-state index contributed by atoms with van der Waals surface area (Å²) in [4.78, 5) is 26.1. The second kappa shape index (κ2) is 9.12. The van der Waals surface area contributed by atoms with Crippen LogP contribution >= 0.6 is 12.4 Å². The lowest BCUT2D eigenvalue weighted by Gasteiger charge is -2.35. The Kier molecular flexibility index (Phi) is 7.79. The first-order valence-electron chi connectivity index (χ1n) is 7.92. The maximum absolute atomic E-state index is 13.9. The highest BCUT2D eigenvalue weighted by Crippen LogP contribution is 2.31. The molecule has 0 aromatic heterocycles. The van der Waals surface area contributed by atoms with Gasteiger partial charge in [0.25, 0.3) is 5.91 Å². The first kappa shape index (κ1) is 21.3. The van der Waals surface area contributed by atoms with Gasteiger partial charge in [-0.3, -0.25) is 9.59 Å². The molecule has 1 saturated heterocycles. The van der Waals surface area contributed by atoms with Crippen molar-refractivity contribution < 1.29 is 18.7 Å². The van der Waals surface area contributed by atoms with Gasteiger partial charge in [0.05, 0.1) is 17.6 Å². The molecule has 0 unspecified atom stereocenters. The first-order chi connectivity index (χ1) is 11.4. The van der Waals surface area contributed by atoms with Crippen molar-refractivity contribution in [2.45, 2.75) is 12.8 Å². The number of methoxy groups -OCH3 is 1. The summed E-state index contributed by atoms with van der Waals surface area (Å²) in [7, 11) is 4.67. The van der Waals surface area contributed by atoms with E-state index in [1.807, 2.05) is 0 Å². The highest BCUT2D eigenvalue weighted by atomic mass is 35.5. The highest BCUT2D eigenvalue weighted by Gasteiger charge is 2.39. The molecular weight excluding hydrogens is 349 g/mol. The minimum atomic E-state index is -0.611. The molecule has 2 N–H and O–H groups in total. The standard InChI is InChI=1S/C17H24FN3O3.ClH/c1-21(2)15(22)13-10-12(4-5-14(13)18)20-16(23)17(11-24-3)6-8-19-9-7-17;/h4-5,10,19H,6-9,11H2,1-3H3,(H,20,23);1H. The van der Waals surface area contributed by atoms with Gasteiger partial charge in [-0.15, -0.1) is 12.4 Å². The molecule has 0 saturated carbocycles. The maximum Gasteiger partial charge on any atom is 0.256 e. The fourth-order valence-electron chi connectivity index (χ4n) is 2.89. The number of halogens is 2. The van der Waals surface area contributed by atoms with Crippen LogP contribution in [0.25, 0.3) is 0 Å². The van der Waals surface area contributed by atoms with E-state index in [0.717, 1.165) is 13.1 Å². The van der Waals surface area contributed by atoms with E-state index >= 15 is 0 Å². The zero-order valence-corrected chi connectivity index (χ0v) is 15.5. The summed E-state index contributed by atoms with van der Waals surface area (Å²) in [5.41, 5.74) is -0.273. The fourth-order valence-corrected chi connectivity index (χ4v) is 2.89. The van der Waals surface area contributed by atoms with Crippen LogP contribution < -0.4 is 10.6 Å². The van der Waals surface area contributed by atoms with Crippen molar-refractivity contribution in [2.24, 2.45) is 5.41 Å². The Morgan fingerprint density at radius 1 is 1.32 bits per heavy atom. The summed E-state index contributed by atoms with van der Waals surface area (Å²) in [5.74, 6) is -1.22. The minimum absolute atomic E-state index is 0. The molecule has 1 heterocycles. The molecule has 1 fully saturated rings. The van der Waals surface area contributed by atoms with Crippen LogP contribution in [-0.2, 0) is 9.53 Å². The predicted octanol–water partition coefficient (Wildman–Crippen LogP) is 1.90. The van der Waals surface area contributed by atoms with E-state index in [0.29, 0.717) is 25.1 Å². The van der Waals surface area contributed by atoms with Crippen LogP contribution in [0.3, 0.4) is 0 Å². The monoisotopic (exact) mass is 373 g/mol. The van der Waals surface area contributed by atoms with Gasteiger partial charge in [-0.25, -0.2) is 4.39 Å². The third-order valence-corrected chi connectivity index (χ3v) is 4.32. The molecule has 1 aliphatic heterocycles. The average Bonchev–Trinajstić information content (AvgIpc) is 2.57. The molecule has 2 amide bonds. The number of amides is 2. The molecule has 2 rings (SSSR count). The van der Waals surface area contributed by atoms with E-state index in [2.05, 4.69) is 10.6 Å². The molecule has 140 valence electrons. The van der Waals surface area contributed by atoms with Crippen molar-refractivity contribution in [3.63, 3.8) is 0 Å². The van der Waals surface area contributed by atoms with E-state index in [1.54, 1.807) is 21.2 Å². The first-order valence-corrected chi connectivity index (χ1v) is 7.92. The normalized spacial score (nSPS) is 15.8. The van der Waals surface area contributed by atoms with Crippen LogP contribution in [-0.4, -0.2) is 57.6 Å². The van der Waals surface area contributed by atoms with Crippen LogP contribution in [0.4, 0.5) is 10.1 Å². The number of nitrogens with one attached hydrogen (secondary N) is 2. The zero-order chi connectivity index (χ0) is 17.7. The van der Waals surface area contributed by atoms with Gasteiger partial charge in [0.1, 0.15) is 5.82 Å². The van der Waals surface area contributed by atoms with Crippen molar-refractivity contribution in [1.29, 1.82) is 0 Å². The molecule has 6 nitrogen and oxygen atoms in total. The number of nitrogens with zero attached hydrogens (tertiary/aromatic N) is 1. The summed E-state index contributed by atoms with van der Waals surface area (Å²) in [5, 5.41) is 6.04. The second-order valence-electron chi connectivity index (χ2n) is 6.31. The fraction of sp³-hybridized carbons (Fsp3) is 0.529. The van der Waals surface area contributed by atoms with Crippen molar-refractivity contribution in [3.8, 4) is 0 Å². The number of piperidine rings is 1. The molecule has 1 aromatic carbocycles. The Morgan fingerprint density at radius 3 is 2.52 bits per heavy atom. The van der Waals surface area contributed by atoms with Crippen molar-refractivity contribution in [2.75, 3.05) is 46.2 Å². The Morgan fingerprint density at radius 2 is 1.96 bits per heavy atom. The van der Waals surface area contributed by atoms with Crippen molar-refractivity contribution in [3.05, 3.63) is 29.6 Å². The number of carbonyl (C=O) groups excluding carboxylic acids is 2. The van der Waals surface area contributed by atoms with Crippen molar-refractivity contribution >= 4 is 29.9 Å². The molecule has 25 heavy (non-hydrogen) atoms. The summed E-state index contributed by atoms with van der Waals surface area (Å²) < 4.78 is 19.1. The maximum atomic E-state index is 13.9. The lowest BCUT2D eigenvalue weighted by Crippen LogP contribution is -2.47. The van der Waals surface area contributed by atoms with E-state index in [4.69, 9.17) is 4.74 Å². The van der Waals surface area contributed by atoms with Crippen LogP contribution in [0, 0.1) is 11.2 Å². The van der Waals surface area contributed by atoms with Crippen LogP contribution in [0.1, 0.15) is 23.2 Å². The molecule has 1 aromatic rings. The number of rotatable bonds is 5. The molecular formula is C17H25ClFN3O3. The van der Waals surface area contributed by atoms with Gasteiger partial charge in [-0.1, -0.05) is 0 Å². The third kappa shape index (κ3) is 4.90. The zero-order valence-electron chi connectivity index (χ0n) is 14.7. The number of carbonyl (C=O) groups is 2. The Bertz CT molecular complexity index is 614. The number of hydrogen-bond donors (Lipinski definition) is 2. The van der Waals surface area contributed by atoms with Gasteiger partial charge in [0, 0.05) is 26.9 Å². The van der Waals surface area contributed by atoms with Crippen molar-refractivity contribution in [1.82, 2.24) is 10.2 Å². The molecule has 0 aliphatic carbocycles. The van der Waals surface area contributed by atoms with Gasteiger partial charge in [0.15, 0.2) is 0 Å². The molecule has 0 atom stereocenters. The second-order valence-corrected chi connectivity index (χ2v) is 6.31. The number of anilines is 1. The molecule has 1 aliphatic rings. The number of ether oxygens (including phenoxy) is 1. The average molecular weight is 374 g/mol. The minimum Gasteiger partial charge on any atom is -0.384 e. The molecule has 0 radical (unpaired) electrons. The predicted molar refractivity (Wildman–Crippen MR) is 96.7 cm³/mol. The van der Waals surface area contributed by atoms with Gasteiger partial charge in [-0.05, 0) is 44.1 Å². The molecule has 8 heteroatoms. The number of hydrogen-bond acceptors (Lipinski definition) is 4. The largest absolute Gasteiger partial charge is 0.384 e. The summed E-state index contributed by atoms with van der Waals surface area (Å²) in [6, 6.07) is 4.02. The topological polar surface area (TPSA) is 70.7 Å². The Balaban J connectivity index is 0.00000312. The van der Waals surface area contributed by atoms with Crippen LogP contribution in [0.15, 0.2) is 18.2 Å². The van der Waals surface area contributed by atoms with E-state index in [-0.39, 0.29) is 23.9 Å². The smallest absolute Gasteiger partial charge is 0.256 e. The van der Waals surface area contributed by atoms with E-state index in [1.165, 1.54) is 23.1 Å². The highest BCUT2D eigenvalue weighted by molar-refractivity contribution is 5.99. The summed E-state index contributed by atoms with van der Waals surface area (Å²) >= 11 is 0. The number of benzene rings is 1. The SMILES string of the molecule is COCC1(C(=O)Nc2ccc(F)c(C(=O)N(C)C)c2)CCNCC1.Cl. The van der Waals surface area contributed by atoms with Gasteiger partial charge in [-0.2, -0.15) is 0 Å². The Labute approximate surface area is 153 Å². The van der Waals surface area contributed by atoms with Crippen LogP contribution in [0.5, 0.6) is 0 Å². The van der Waals surface area contributed by atoms with E-state index in [9.17, 15) is 14.0 Å². The van der Waals surface area contributed by atoms with Gasteiger partial charge >= 0.3 is 0 Å². The van der Waals surface area contributed by atoms with Gasteiger partial charge in [0.2, 0.25) is 5.91 Å². The summed E-state index contributed by atoms with van der Waals surface area (Å²) in [6.07, 6.45) is 1.33. The molecule has 0 spiro atoms. The quantitative estimate of drug-likeness (QED) is 0.827. The van der Waals surface area contributed by atoms with Crippen LogP contribution in [0.2, 0.25) is 0 Å². The Hall–Kier alpha value is -1.70. The third-order valence-electron chi connectivity index (χ3n) is 4.32. The van der Waals surface area contributed by atoms with Gasteiger partial charge < -0.3 is 20.3 Å². The molecule has 0 bridgehead atoms. The lowest BCUT2D eigenvalue weighted by molar-refractivity contribution is -0.130. The summed E-state index contributed by atoms with van der Waals surface area (Å²) in [6.45, 7) is 1.81. The lowest BCUT2D eigenvalue weighted by atomic mass is 9.78. The van der Waals surface area contributed by atoms with E-state index < -0.39 is 17.1 Å².